The highest BCUT2D eigenvalue weighted by atomic mass is 79.9. The summed E-state index contributed by atoms with van der Waals surface area (Å²) in [5.74, 6) is 0. The largest absolute Gasteiger partial charge is 0.442 e. The van der Waals surface area contributed by atoms with E-state index in [-0.39, 0.29) is 17.0 Å². The normalized spacial score (nSPS) is 10.6. The second-order valence-corrected chi connectivity index (χ2v) is 3.51. The molecular formula is C8H5BrN2O3. The fraction of sp³-hybridized carbons (Fsp3) is 0. The third kappa shape index (κ3) is 1.24. The number of halogens is 1. The Morgan fingerprint density at radius 3 is 2.86 bits per heavy atom. The summed E-state index contributed by atoms with van der Waals surface area (Å²) in [5, 5.41) is 11.3. The zero-order valence-electron chi connectivity index (χ0n) is 6.86. The molecule has 0 radical (unpaired) electrons. The second-order valence-electron chi connectivity index (χ2n) is 2.73. The van der Waals surface area contributed by atoms with Gasteiger partial charge in [-0.3, -0.25) is 10.1 Å². The SMILES string of the molecule is Nc1ccc2cc(Br)oc2c1[N+](=O)[O-]. The Labute approximate surface area is 86.8 Å². The topological polar surface area (TPSA) is 82.3 Å². The maximum absolute atomic E-state index is 10.7. The minimum atomic E-state index is -0.548. The van der Waals surface area contributed by atoms with Crippen molar-refractivity contribution in [1.29, 1.82) is 0 Å². The third-order valence-electron chi connectivity index (χ3n) is 1.84. The first-order valence-electron chi connectivity index (χ1n) is 3.71. The molecule has 72 valence electrons. The van der Waals surface area contributed by atoms with Crippen LogP contribution in [0.2, 0.25) is 0 Å². The summed E-state index contributed by atoms with van der Waals surface area (Å²) in [6.45, 7) is 0. The molecule has 0 fully saturated rings. The molecule has 0 amide bonds. The lowest BCUT2D eigenvalue weighted by atomic mass is 10.2. The molecule has 0 saturated heterocycles. The van der Waals surface area contributed by atoms with E-state index in [4.69, 9.17) is 10.2 Å². The van der Waals surface area contributed by atoms with Crippen LogP contribution in [0.5, 0.6) is 0 Å². The molecule has 0 saturated carbocycles. The molecule has 0 aliphatic carbocycles. The Kier molecular flexibility index (Phi) is 1.92. The van der Waals surface area contributed by atoms with Crippen LogP contribution >= 0.6 is 15.9 Å². The van der Waals surface area contributed by atoms with Crippen LogP contribution in [-0.4, -0.2) is 4.92 Å². The van der Waals surface area contributed by atoms with Crippen LogP contribution in [-0.2, 0) is 0 Å². The van der Waals surface area contributed by atoms with E-state index in [2.05, 4.69) is 15.9 Å². The number of rotatable bonds is 1. The minimum Gasteiger partial charge on any atom is -0.442 e. The fourth-order valence-electron chi connectivity index (χ4n) is 1.26. The lowest BCUT2D eigenvalue weighted by molar-refractivity contribution is -0.382. The number of hydrogen-bond acceptors (Lipinski definition) is 4. The number of nitro benzene ring substituents is 1. The van der Waals surface area contributed by atoms with E-state index in [1.165, 1.54) is 6.07 Å². The highest BCUT2D eigenvalue weighted by Crippen LogP contribution is 2.34. The maximum Gasteiger partial charge on any atom is 0.334 e. The summed E-state index contributed by atoms with van der Waals surface area (Å²) in [5.41, 5.74) is 5.59. The molecule has 2 aromatic rings. The maximum atomic E-state index is 10.7. The van der Waals surface area contributed by atoms with Crippen LogP contribution in [0.1, 0.15) is 0 Å². The standard InChI is InChI=1S/C8H5BrN2O3/c9-6-3-4-1-2-5(10)7(11(12)13)8(4)14-6/h1-3H,10H2. The molecule has 2 rings (SSSR count). The van der Waals surface area contributed by atoms with Gasteiger partial charge in [0.1, 0.15) is 5.69 Å². The summed E-state index contributed by atoms with van der Waals surface area (Å²) in [4.78, 5) is 10.1. The number of nitrogens with zero attached hydrogens (tertiary/aromatic N) is 1. The van der Waals surface area contributed by atoms with Crippen molar-refractivity contribution < 1.29 is 9.34 Å². The number of nitro groups is 1. The van der Waals surface area contributed by atoms with Crippen molar-refractivity contribution in [3.05, 3.63) is 33.0 Å². The molecule has 0 aliphatic rings. The number of nitrogens with two attached hydrogens (primary N) is 1. The van der Waals surface area contributed by atoms with E-state index in [9.17, 15) is 10.1 Å². The summed E-state index contributed by atoms with van der Waals surface area (Å²) >= 11 is 3.10. The van der Waals surface area contributed by atoms with Crippen molar-refractivity contribution in [3.63, 3.8) is 0 Å². The number of furan rings is 1. The summed E-state index contributed by atoms with van der Waals surface area (Å²) in [7, 11) is 0. The lowest BCUT2D eigenvalue weighted by Crippen LogP contribution is -1.95. The van der Waals surface area contributed by atoms with Gasteiger partial charge in [-0.15, -0.1) is 0 Å². The summed E-state index contributed by atoms with van der Waals surface area (Å²) in [6, 6.07) is 4.82. The predicted molar refractivity (Wildman–Crippen MR) is 55.0 cm³/mol. The van der Waals surface area contributed by atoms with Crippen molar-refractivity contribution in [2.24, 2.45) is 0 Å². The van der Waals surface area contributed by atoms with E-state index in [0.29, 0.717) is 10.1 Å². The van der Waals surface area contributed by atoms with Gasteiger partial charge in [0.25, 0.3) is 0 Å². The van der Waals surface area contributed by atoms with Crippen LogP contribution in [0.4, 0.5) is 11.4 Å². The van der Waals surface area contributed by atoms with Gasteiger partial charge in [-0.1, -0.05) is 0 Å². The van der Waals surface area contributed by atoms with E-state index in [0.717, 1.165) is 0 Å². The van der Waals surface area contributed by atoms with Crippen LogP contribution in [0.15, 0.2) is 27.3 Å². The molecule has 0 bridgehead atoms. The molecular weight excluding hydrogens is 252 g/mol. The van der Waals surface area contributed by atoms with Gasteiger partial charge in [0.05, 0.1) is 4.92 Å². The van der Waals surface area contributed by atoms with Gasteiger partial charge >= 0.3 is 5.69 Å². The van der Waals surface area contributed by atoms with Gasteiger partial charge in [-0.05, 0) is 34.1 Å². The van der Waals surface area contributed by atoms with Gasteiger partial charge in [-0.25, -0.2) is 0 Å². The smallest absolute Gasteiger partial charge is 0.334 e. The quantitative estimate of drug-likeness (QED) is 0.483. The van der Waals surface area contributed by atoms with Crippen molar-refractivity contribution >= 4 is 38.3 Å². The summed E-state index contributed by atoms with van der Waals surface area (Å²) < 4.78 is 5.58. The highest BCUT2D eigenvalue weighted by molar-refractivity contribution is 9.10. The van der Waals surface area contributed by atoms with Gasteiger partial charge in [0.15, 0.2) is 4.67 Å². The number of fused-ring (bicyclic) bond motifs is 1. The van der Waals surface area contributed by atoms with Crippen molar-refractivity contribution in [2.75, 3.05) is 5.73 Å². The number of anilines is 1. The third-order valence-corrected chi connectivity index (χ3v) is 2.24. The van der Waals surface area contributed by atoms with Crippen LogP contribution < -0.4 is 5.73 Å². The molecule has 0 spiro atoms. The first-order chi connectivity index (χ1) is 6.59. The molecule has 5 nitrogen and oxygen atoms in total. The Balaban J connectivity index is 2.88. The van der Waals surface area contributed by atoms with Crippen molar-refractivity contribution in [3.8, 4) is 0 Å². The first-order valence-corrected chi connectivity index (χ1v) is 4.51. The van der Waals surface area contributed by atoms with E-state index < -0.39 is 4.92 Å². The van der Waals surface area contributed by atoms with Gasteiger partial charge in [-0.2, -0.15) is 0 Å². The molecule has 0 aliphatic heterocycles. The molecule has 0 atom stereocenters. The molecule has 6 heteroatoms. The Morgan fingerprint density at radius 2 is 2.21 bits per heavy atom. The number of benzene rings is 1. The van der Waals surface area contributed by atoms with Gasteiger partial charge < -0.3 is 10.2 Å². The highest BCUT2D eigenvalue weighted by Gasteiger charge is 2.20. The summed E-state index contributed by atoms with van der Waals surface area (Å²) in [6.07, 6.45) is 0. The molecule has 14 heavy (non-hydrogen) atoms. The van der Waals surface area contributed by atoms with Gasteiger partial charge in [0.2, 0.25) is 5.58 Å². The van der Waals surface area contributed by atoms with Crippen molar-refractivity contribution in [1.82, 2.24) is 0 Å². The fourth-order valence-corrected chi connectivity index (χ4v) is 1.67. The predicted octanol–water partition coefficient (Wildman–Crippen LogP) is 2.69. The average Bonchev–Trinajstić information content (AvgIpc) is 2.43. The Morgan fingerprint density at radius 1 is 1.50 bits per heavy atom. The second kappa shape index (κ2) is 2.98. The van der Waals surface area contributed by atoms with E-state index in [1.807, 2.05) is 0 Å². The minimum absolute atomic E-state index is 0.101. The average molecular weight is 257 g/mol. The monoisotopic (exact) mass is 256 g/mol. The number of hydrogen-bond donors (Lipinski definition) is 1. The van der Waals surface area contributed by atoms with Crippen LogP contribution in [0.25, 0.3) is 11.0 Å². The zero-order valence-corrected chi connectivity index (χ0v) is 8.45. The van der Waals surface area contributed by atoms with E-state index >= 15 is 0 Å². The molecule has 1 aromatic carbocycles. The molecule has 0 unspecified atom stereocenters. The Hall–Kier alpha value is -1.56. The zero-order chi connectivity index (χ0) is 10.3. The Bertz CT molecular complexity index is 521. The number of nitrogen functional groups attached to an aromatic ring is 1. The lowest BCUT2D eigenvalue weighted by Gasteiger charge is -1.96. The first kappa shape index (κ1) is 9.01. The molecule has 1 heterocycles. The van der Waals surface area contributed by atoms with E-state index in [1.54, 1.807) is 12.1 Å². The molecule has 1 aromatic heterocycles. The van der Waals surface area contributed by atoms with Crippen molar-refractivity contribution in [2.45, 2.75) is 0 Å². The molecule has 2 N–H and O–H groups in total. The van der Waals surface area contributed by atoms with Crippen LogP contribution in [0.3, 0.4) is 0 Å². The van der Waals surface area contributed by atoms with Gasteiger partial charge in [0, 0.05) is 5.39 Å². The van der Waals surface area contributed by atoms with Crippen LogP contribution in [0, 0.1) is 10.1 Å².